The average molecular weight is 264 g/mol. The van der Waals surface area contributed by atoms with Crippen LogP contribution in [0.4, 0.5) is 0 Å². The predicted molar refractivity (Wildman–Crippen MR) is 80.4 cm³/mol. The Bertz CT molecular complexity index is 684. The van der Waals surface area contributed by atoms with Gasteiger partial charge in [-0.3, -0.25) is 0 Å². The Kier molecular flexibility index (Phi) is 3.38. The van der Waals surface area contributed by atoms with Crippen LogP contribution < -0.4 is 0 Å². The molecule has 3 rings (SSSR count). The monoisotopic (exact) mass is 264 g/mol. The van der Waals surface area contributed by atoms with Gasteiger partial charge in [-0.15, -0.1) is 0 Å². The summed E-state index contributed by atoms with van der Waals surface area (Å²) in [6.07, 6.45) is 4.25. The predicted octanol–water partition coefficient (Wildman–Crippen LogP) is 3.83. The first kappa shape index (κ1) is 12.7. The van der Waals surface area contributed by atoms with Gasteiger partial charge in [0, 0.05) is 6.08 Å². The highest BCUT2D eigenvalue weighted by atomic mass is 16.5. The third kappa shape index (κ3) is 2.37. The van der Waals surface area contributed by atoms with E-state index in [0.717, 1.165) is 12.0 Å². The molecule has 2 heteroatoms. The van der Waals surface area contributed by atoms with Gasteiger partial charge in [-0.2, -0.15) is 0 Å². The van der Waals surface area contributed by atoms with E-state index in [1.165, 1.54) is 28.3 Å². The highest BCUT2D eigenvalue weighted by Gasteiger charge is 2.17. The number of carbonyl (C=O) groups excluding carboxylic acids is 1. The van der Waals surface area contributed by atoms with Gasteiger partial charge in [0.25, 0.3) is 0 Å². The molecule has 0 radical (unpaired) electrons. The van der Waals surface area contributed by atoms with E-state index in [0.29, 0.717) is 6.61 Å². The topological polar surface area (TPSA) is 26.3 Å². The molecule has 0 bridgehead atoms. The minimum absolute atomic E-state index is 0.295. The molecule has 0 spiro atoms. The largest absolute Gasteiger partial charge is 0.463 e. The van der Waals surface area contributed by atoms with Crippen LogP contribution in [0.2, 0.25) is 0 Å². The lowest BCUT2D eigenvalue weighted by molar-refractivity contribution is -0.137. The number of ether oxygens (including phenoxy) is 1. The van der Waals surface area contributed by atoms with E-state index in [1.807, 2.05) is 6.07 Å². The van der Waals surface area contributed by atoms with E-state index in [-0.39, 0.29) is 5.97 Å². The first-order valence-corrected chi connectivity index (χ1v) is 6.84. The highest BCUT2D eigenvalue weighted by Crippen LogP contribution is 2.36. The molecule has 1 aliphatic carbocycles. The molecule has 0 saturated heterocycles. The van der Waals surface area contributed by atoms with Gasteiger partial charge in [0.15, 0.2) is 0 Å². The fourth-order valence-corrected chi connectivity index (χ4v) is 2.62. The molecule has 0 fully saturated rings. The number of esters is 1. The summed E-state index contributed by atoms with van der Waals surface area (Å²) < 4.78 is 4.88. The first-order valence-electron chi connectivity index (χ1n) is 6.84. The number of fused-ring (bicyclic) bond motifs is 3. The molecule has 0 N–H and O–H groups in total. The van der Waals surface area contributed by atoms with Crippen LogP contribution in [0.25, 0.3) is 17.2 Å². The Hall–Kier alpha value is -2.35. The van der Waals surface area contributed by atoms with E-state index in [2.05, 4.69) is 36.4 Å². The van der Waals surface area contributed by atoms with Crippen molar-refractivity contribution in [3.8, 4) is 11.1 Å². The fraction of sp³-hybridized carbons (Fsp3) is 0.167. The lowest BCUT2D eigenvalue weighted by atomic mass is 10.0. The van der Waals surface area contributed by atoms with Crippen LogP contribution in [0.1, 0.15) is 23.6 Å². The molecular weight excluding hydrogens is 248 g/mol. The van der Waals surface area contributed by atoms with E-state index in [1.54, 1.807) is 13.0 Å². The summed E-state index contributed by atoms with van der Waals surface area (Å²) in [5.41, 5.74) is 6.34. The van der Waals surface area contributed by atoms with E-state index in [9.17, 15) is 4.79 Å². The van der Waals surface area contributed by atoms with E-state index in [4.69, 9.17) is 4.74 Å². The van der Waals surface area contributed by atoms with Crippen molar-refractivity contribution in [2.75, 3.05) is 6.61 Å². The van der Waals surface area contributed by atoms with Crippen LogP contribution in [0.5, 0.6) is 0 Å². The molecule has 0 saturated carbocycles. The zero-order chi connectivity index (χ0) is 13.9. The maximum absolute atomic E-state index is 11.3. The summed E-state index contributed by atoms with van der Waals surface area (Å²) in [7, 11) is 0. The van der Waals surface area contributed by atoms with Crippen LogP contribution in [0.15, 0.2) is 48.5 Å². The molecule has 2 aromatic carbocycles. The van der Waals surface area contributed by atoms with Crippen molar-refractivity contribution in [1.29, 1.82) is 0 Å². The number of hydrogen-bond donors (Lipinski definition) is 0. The zero-order valence-corrected chi connectivity index (χ0v) is 11.4. The minimum atomic E-state index is -0.295. The van der Waals surface area contributed by atoms with Gasteiger partial charge in [0.05, 0.1) is 6.61 Å². The van der Waals surface area contributed by atoms with E-state index >= 15 is 0 Å². The molecule has 0 unspecified atom stereocenters. The van der Waals surface area contributed by atoms with E-state index < -0.39 is 0 Å². The van der Waals surface area contributed by atoms with Crippen LogP contribution in [0.3, 0.4) is 0 Å². The number of rotatable bonds is 3. The molecule has 0 aromatic heterocycles. The van der Waals surface area contributed by atoms with Crippen molar-refractivity contribution in [3.63, 3.8) is 0 Å². The second-order valence-corrected chi connectivity index (χ2v) is 4.84. The average Bonchev–Trinajstić information content (AvgIpc) is 2.83. The van der Waals surface area contributed by atoms with Crippen molar-refractivity contribution in [2.45, 2.75) is 13.3 Å². The highest BCUT2D eigenvalue weighted by molar-refractivity contribution is 5.87. The Labute approximate surface area is 118 Å². The van der Waals surface area contributed by atoms with Crippen LogP contribution in [0, 0.1) is 0 Å². The fourth-order valence-electron chi connectivity index (χ4n) is 2.62. The second kappa shape index (κ2) is 5.33. The molecule has 2 nitrogen and oxygen atoms in total. The van der Waals surface area contributed by atoms with Crippen LogP contribution in [-0.4, -0.2) is 12.6 Å². The third-order valence-electron chi connectivity index (χ3n) is 3.52. The summed E-state index contributed by atoms with van der Waals surface area (Å²) in [4.78, 5) is 11.3. The summed E-state index contributed by atoms with van der Waals surface area (Å²) >= 11 is 0. The molecule has 100 valence electrons. The third-order valence-corrected chi connectivity index (χ3v) is 3.52. The molecule has 1 aliphatic rings. The maximum atomic E-state index is 11.3. The van der Waals surface area contributed by atoms with Crippen molar-refractivity contribution in [1.82, 2.24) is 0 Å². The van der Waals surface area contributed by atoms with Gasteiger partial charge in [0.2, 0.25) is 0 Å². The number of benzene rings is 2. The van der Waals surface area contributed by atoms with Gasteiger partial charge in [-0.25, -0.2) is 4.79 Å². The summed E-state index contributed by atoms with van der Waals surface area (Å²) in [6.45, 7) is 2.21. The van der Waals surface area contributed by atoms with Gasteiger partial charge in [-0.05, 0) is 47.2 Å². The normalized spacial score (nSPS) is 12.2. The molecule has 0 amide bonds. The van der Waals surface area contributed by atoms with Crippen molar-refractivity contribution in [2.24, 2.45) is 0 Å². The molecule has 2 aromatic rings. The van der Waals surface area contributed by atoms with Gasteiger partial charge in [-0.1, -0.05) is 42.5 Å². The molecule has 20 heavy (non-hydrogen) atoms. The van der Waals surface area contributed by atoms with Crippen molar-refractivity contribution >= 4 is 12.0 Å². The standard InChI is InChI=1S/C18H16O2/c1-2-20-18(19)10-8-13-7-9-17-15(11-13)12-14-5-3-4-6-16(14)17/h3-11H,2,12H2,1H3. The Morgan fingerprint density at radius 2 is 1.95 bits per heavy atom. The number of hydrogen-bond acceptors (Lipinski definition) is 2. The zero-order valence-electron chi connectivity index (χ0n) is 11.4. The van der Waals surface area contributed by atoms with Crippen LogP contribution in [-0.2, 0) is 16.0 Å². The summed E-state index contributed by atoms with van der Waals surface area (Å²) in [6, 6.07) is 14.8. The first-order chi connectivity index (χ1) is 9.78. The SMILES string of the molecule is CCOC(=O)C=Cc1ccc2c(c1)Cc1ccccc1-2. The molecule has 0 atom stereocenters. The summed E-state index contributed by atoms with van der Waals surface area (Å²) in [5.74, 6) is -0.295. The Balaban J connectivity index is 1.86. The molecular formula is C18H16O2. The smallest absolute Gasteiger partial charge is 0.330 e. The Morgan fingerprint density at radius 3 is 2.80 bits per heavy atom. The molecule has 0 aliphatic heterocycles. The van der Waals surface area contributed by atoms with Crippen molar-refractivity contribution in [3.05, 3.63) is 65.2 Å². The number of carbonyl (C=O) groups is 1. The quantitative estimate of drug-likeness (QED) is 0.531. The lowest BCUT2D eigenvalue weighted by Crippen LogP contribution is -1.98. The minimum Gasteiger partial charge on any atom is -0.463 e. The lowest BCUT2D eigenvalue weighted by Gasteiger charge is -2.02. The molecule has 0 heterocycles. The van der Waals surface area contributed by atoms with Gasteiger partial charge < -0.3 is 4.74 Å². The maximum Gasteiger partial charge on any atom is 0.330 e. The van der Waals surface area contributed by atoms with Crippen molar-refractivity contribution < 1.29 is 9.53 Å². The summed E-state index contributed by atoms with van der Waals surface area (Å²) in [5, 5.41) is 0. The van der Waals surface area contributed by atoms with Gasteiger partial charge in [0.1, 0.15) is 0 Å². The second-order valence-electron chi connectivity index (χ2n) is 4.84. The Morgan fingerprint density at radius 1 is 1.15 bits per heavy atom. The van der Waals surface area contributed by atoms with Crippen LogP contribution >= 0.6 is 0 Å². The van der Waals surface area contributed by atoms with Gasteiger partial charge >= 0.3 is 5.97 Å².